The maximum Gasteiger partial charge on any atom is 0.318 e. The van der Waals surface area contributed by atoms with Gasteiger partial charge >= 0.3 is 6.03 Å². The lowest BCUT2D eigenvalue weighted by Gasteiger charge is -2.47. The van der Waals surface area contributed by atoms with Gasteiger partial charge in [-0.2, -0.15) is 5.10 Å². The van der Waals surface area contributed by atoms with Crippen LogP contribution in [0.3, 0.4) is 0 Å². The Kier molecular flexibility index (Phi) is 7.58. The number of carbonyl (C=O) groups excluding carboxylic acids is 1. The van der Waals surface area contributed by atoms with Crippen molar-refractivity contribution in [1.29, 1.82) is 0 Å². The molecule has 7 nitrogen and oxygen atoms in total. The second-order valence-electron chi connectivity index (χ2n) is 10.2. The molecule has 180 valence electrons. The molecule has 0 aliphatic carbocycles. The van der Waals surface area contributed by atoms with E-state index in [0.717, 1.165) is 29.8 Å². The first kappa shape index (κ1) is 23.6. The maximum absolute atomic E-state index is 13.4. The Hall–Kier alpha value is -2.54. The molecule has 0 radical (unpaired) electrons. The zero-order valence-electron chi connectivity index (χ0n) is 20.5. The number of rotatable bonds is 8. The summed E-state index contributed by atoms with van der Waals surface area (Å²) in [7, 11) is 4.15. The van der Waals surface area contributed by atoms with Gasteiger partial charge in [-0.1, -0.05) is 32.4 Å². The number of nitrogens with one attached hydrogen (secondary N) is 1. The topological polar surface area (TPSA) is 62.6 Å². The van der Waals surface area contributed by atoms with E-state index in [1.807, 2.05) is 48.5 Å². The quantitative estimate of drug-likeness (QED) is 0.651. The zero-order chi connectivity index (χ0) is 23.4. The van der Waals surface area contributed by atoms with Gasteiger partial charge < -0.3 is 19.9 Å². The third kappa shape index (κ3) is 6.28. The van der Waals surface area contributed by atoms with E-state index in [1.54, 1.807) is 4.68 Å². The van der Waals surface area contributed by atoms with Gasteiger partial charge in [0.05, 0.1) is 18.8 Å². The normalized spacial score (nSPS) is 22.9. The van der Waals surface area contributed by atoms with Crippen LogP contribution in [0.5, 0.6) is 5.75 Å². The lowest BCUT2D eigenvalue weighted by atomic mass is 9.82. The minimum Gasteiger partial charge on any atom is -0.493 e. The number of aryl methyl sites for hydroxylation is 1. The number of piperidine rings is 2. The molecule has 7 heteroatoms. The Labute approximate surface area is 198 Å². The number of ether oxygens (including phenoxy) is 1. The van der Waals surface area contributed by atoms with Gasteiger partial charge in [0.15, 0.2) is 0 Å². The minimum atomic E-state index is -0.00610. The Morgan fingerprint density at radius 1 is 1.12 bits per heavy atom. The smallest absolute Gasteiger partial charge is 0.318 e. The van der Waals surface area contributed by atoms with Crippen molar-refractivity contribution in [2.24, 2.45) is 13.0 Å². The number of hydrogen-bond donors (Lipinski definition) is 1. The van der Waals surface area contributed by atoms with Gasteiger partial charge in [-0.3, -0.25) is 4.68 Å². The van der Waals surface area contributed by atoms with Crippen LogP contribution >= 0.6 is 0 Å². The molecular formula is C26H39N5O2. The fraction of sp³-hybridized carbons (Fsp3) is 0.615. The van der Waals surface area contributed by atoms with E-state index in [0.29, 0.717) is 37.7 Å². The summed E-state index contributed by atoms with van der Waals surface area (Å²) < 4.78 is 7.59. The van der Waals surface area contributed by atoms with Gasteiger partial charge in [0.2, 0.25) is 0 Å². The Balaban J connectivity index is 1.42. The SMILES string of the molecule is CC(C)COc1ccc(CN(Cc2ccn(C)n2)C(=O)NC2C[C@H]3CCC[C@@H](C2)N3C)cc1. The highest BCUT2D eigenvalue weighted by molar-refractivity contribution is 5.74. The molecule has 2 aromatic rings. The summed E-state index contributed by atoms with van der Waals surface area (Å²) in [5.74, 6) is 1.35. The number of hydrogen-bond acceptors (Lipinski definition) is 4. The Morgan fingerprint density at radius 3 is 2.42 bits per heavy atom. The molecule has 3 heterocycles. The van der Waals surface area contributed by atoms with E-state index in [-0.39, 0.29) is 12.1 Å². The summed E-state index contributed by atoms with van der Waals surface area (Å²) in [5.41, 5.74) is 1.98. The number of benzene rings is 1. The van der Waals surface area contributed by atoms with Crippen LogP contribution in [0.15, 0.2) is 36.5 Å². The van der Waals surface area contributed by atoms with Crippen LogP contribution in [0.4, 0.5) is 4.79 Å². The standard InChI is InChI=1S/C26H39N5O2/c1-19(2)18-33-25-10-8-20(9-11-25)16-31(17-21-12-13-29(3)28-21)26(32)27-22-14-23-6-5-7-24(15-22)30(23)4/h8-13,19,22-24H,5-7,14-18H2,1-4H3,(H,27,32)/t22?,23-,24+. The first-order chi connectivity index (χ1) is 15.9. The zero-order valence-corrected chi connectivity index (χ0v) is 20.5. The highest BCUT2D eigenvalue weighted by Crippen LogP contribution is 2.32. The summed E-state index contributed by atoms with van der Waals surface area (Å²) in [6, 6.07) is 11.5. The molecule has 1 aromatic carbocycles. The molecule has 33 heavy (non-hydrogen) atoms. The van der Waals surface area contributed by atoms with Crippen molar-refractivity contribution in [3.63, 3.8) is 0 Å². The van der Waals surface area contributed by atoms with Crippen molar-refractivity contribution in [3.05, 3.63) is 47.8 Å². The first-order valence-corrected chi connectivity index (χ1v) is 12.3. The van der Waals surface area contributed by atoms with Gasteiger partial charge in [-0.15, -0.1) is 0 Å². The molecule has 2 amide bonds. The molecule has 3 atom stereocenters. The number of nitrogens with zero attached hydrogens (tertiary/aromatic N) is 4. The van der Waals surface area contributed by atoms with Gasteiger partial charge in [0.1, 0.15) is 5.75 Å². The molecule has 2 bridgehead atoms. The lowest BCUT2D eigenvalue weighted by molar-refractivity contribution is 0.0491. The summed E-state index contributed by atoms with van der Waals surface area (Å²) >= 11 is 0. The van der Waals surface area contributed by atoms with Crippen molar-refractivity contribution in [2.45, 2.75) is 77.2 Å². The van der Waals surface area contributed by atoms with Crippen molar-refractivity contribution in [2.75, 3.05) is 13.7 Å². The summed E-state index contributed by atoms with van der Waals surface area (Å²) in [6.45, 7) is 6.00. The number of fused-ring (bicyclic) bond motifs is 2. The summed E-state index contributed by atoms with van der Waals surface area (Å²) in [4.78, 5) is 17.8. The summed E-state index contributed by atoms with van der Waals surface area (Å²) in [5, 5.41) is 7.86. The van der Waals surface area contributed by atoms with Crippen molar-refractivity contribution < 1.29 is 9.53 Å². The molecule has 4 rings (SSSR count). The van der Waals surface area contributed by atoms with E-state index in [9.17, 15) is 4.79 Å². The van der Waals surface area contributed by atoms with Crippen LogP contribution in [0, 0.1) is 5.92 Å². The molecule has 0 spiro atoms. The van der Waals surface area contributed by atoms with Crippen LogP contribution in [-0.2, 0) is 20.1 Å². The molecule has 2 aliphatic rings. The largest absolute Gasteiger partial charge is 0.493 e. The van der Waals surface area contributed by atoms with E-state index in [4.69, 9.17) is 4.74 Å². The molecule has 2 saturated heterocycles. The van der Waals surface area contributed by atoms with Crippen molar-refractivity contribution >= 4 is 6.03 Å². The molecule has 2 aliphatic heterocycles. The lowest BCUT2D eigenvalue weighted by Crippen LogP contribution is -2.56. The Bertz CT molecular complexity index is 896. The van der Waals surface area contributed by atoms with Crippen LogP contribution in [0.1, 0.15) is 57.2 Å². The first-order valence-electron chi connectivity index (χ1n) is 12.3. The van der Waals surface area contributed by atoms with E-state index < -0.39 is 0 Å². The number of carbonyl (C=O) groups is 1. The summed E-state index contributed by atoms with van der Waals surface area (Å²) in [6.07, 6.45) is 7.79. The van der Waals surface area contributed by atoms with Crippen LogP contribution in [0.2, 0.25) is 0 Å². The van der Waals surface area contributed by atoms with Gasteiger partial charge in [0, 0.05) is 37.9 Å². The highest BCUT2D eigenvalue weighted by Gasteiger charge is 2.36. The van der Waals surface area contributed by atoms with E-state index >= 15 is 0 Å². The number of aromatic nitrogens is 2. The molecule has 1 unspecified atom stereocenters. The predicted molar refractivity (Wildman–Crippen MR) is 130 cm³/mol. The fourth-order valence-corrected chi connectivity index (χ4v) is 5.12. The average Bonchev–Trinajstić information content (AvgIpc) is 3.18. The van der Waals surface area contributed by atoms with E-state index in [1.165, 1.54) is 19.3 Å². The highest BCUT2D eigenvalue weighted by atomic mass is 16.5. The monoisotopic (exact) mass is 453 g/mol. The second kappa shape index (κ2) is 10.6. The second-order valence-corrected chi connectivity index (χ2v) is 10.2. The molecule has 0 saturated carbocycles. The van der Waals surface area contributed by atoms with Gasteiger partial charge in [-0.05, 0) is 62.4 Å². The molecule has 2 fully saturated rings. The van der Waals surface area contributed by atoms with Crippen LogP contribution < -0.4 is 10.1 Å². The third-order valence-electron chi connectivity index (χ3n) is 6.96. The predicted octanol–water partition coefficient (Wildman–Crippen LogP) is 4.18. The van der Waals surface area contributed by atoms with Crippen molar-refractivity contribution in [1.82, 2.24) is 24.9 Å². The van der Waals surface area contributed by atoms with Crippen LogP contribution in [-0.4, -0.2) is 57.4 Å². The fourth-order valence-electron chi connectivity index (χ4n) is 5.12. The minimum absolute atomic E-state index is 0.00610. The van der Waals surface area contributed by atoms with Gasteiger partial charge in [0.25, 0.3) is 0 Å². The third-order valence-corrected chi connectivity index (χ3v) is 6.96. The number of amides is 2. The number of urea groups is 1. The maximum atomic E-state index is 13.4. The molecule has 1 aromatic heterocycles. The molecular weight excluding hydrogens is 414 g/mol. The van der Waals surface area contributed by atoms with Crippen molar-refractivity contribution in [3.8, 4) is 5.75 Å². The van der Waals surface area contributed by atoms with E-state index in [2.05, 4.69) is 36.2 Å². The van der Waals surface area contributed by atoms with Crippen LogP contribution in [0.25, 0.3) is 0 Å². The Morgan fingerprint density at radius 2 is 1.82 bits per heavy atom. The molecule has 1 N–H and O–H groups in total. The average molecular weight is 454 g/mol. The van der Waals surface area contributed by atoms with Gasteiger partial charge in [-0.25, -0.2) is 4.79 Å².